The third kappa shape index (κ3) is 6.61. The molecule has 0 N–H and O–H groups in total. The number of amides is 1. The number of hydrogen-bond acceptors (Lipinski definition) is 5. The van der Waals surface area contributed by atoms with Gasteiger partial charge in [-0.3, -0.25) is 9.78 Å². The van der Waals surface area contributed by atoms with Gasteiger partial charge < -0.3 is 19.1 Å². The summed E-state index contributed by atoms with van der Waals surface area (Å²) in [6, 6.07) is 21.2. The Labute approximate surface area is 200 Å². The van der Waals surface area contributed by atoms with Crippen molar-refractivity contribution in [1.29, 1.82) is 0 Å². The molecule has 1 aliphatic heterocycles. The molecule has 0 atom stereocenters. The predicted molar refractivity (Wildman–Crippen MR) is 132 cm³/mol. The summed E-state index contributed by atoms with van der Waals surface area (Å²) in [5.41, 5.74) is 1.83. The van der Waals surface area contributed by atoms with Gasteiger partial charge in [0.1, 0.15) is 18.5 Å². The molecule has 0 saturated carbocycles. The highest BCUT2D eigenvalue weighted by molar-refractivity contribution is 5.91. The van der Waals surface area contributed by atoms with Gasteiger partial charge in [-0.15, -0.1) is 0 Å². The van der Waals surface area contributed by atoms with E-state index in [4.69, 9.17) is 14.2 Å². The Bertz CT molecular complexity index is 1080. The lowest BCUT2D eigenvalue weighted by Crippen LogP contribution is -2.41. The van der Waals surface area contributed by atoms with E-state index in [1.807, 2.05) is 84.6 Å². The van der Waals surface area contributed by atoms with Crippen LogP contribution in [-0.2, 0) is 11.4 Å². The average molecular weight is 459 g/mol. The van der Waals surface area contributed by atoms with Gasteiger partial charge in [0.15, 0.2) is 11.5 Å². The van der Waals surface area contributed by atoms with Crippen molar-refractivity contribution in [2.45, 2.75) is 32.5 Å². The number of likely N-dealkylation sites (tertiary alicyclic amines) is 1. The number of hydrogen-bond donors (Lipinski definition) is 0. The summed E-state index contributed by atoms with van der Waals surface area (Å²) in [4.78, 5) is 18.8. The molecule has 6 heteroatoms. The first-order chi connectivity index (χ1) is 16.7. The lowest BCUT2D eigenvalue weighted by molar-refractivity contribution is -0.127. The largest absolute Gasteiger partial charge is 0.490 e. The van der Waals surface area contributed by atoms with Gasteiger partial charge in [-0.1, -0.05) is 30.3 Å². The van der Waals surface area contributed by atoms with Crippen LogP contribution in [0.4, 0.5) is 0 Å². The second kappa shape index (κ2) is 11.9. The van der Waals surface area contributed by atoms with E-state index >= 15 is 0 Å². The van der Waals surface area contributed by atoms with E-state index < -0.39 is 0 Å². The number of rotatable bonds is 9. The molecular weight excluding hydrogens is 428 g/mol. The first-order valence-corrected chi connectivity index (χ1v) is 11.7. The van der Waals surface area contributed by atoms with Crippen molar-refractivity contribution < 1.29 is 19.0 Å². The minimum Gasteiger partial charge on any atom is -0.490 e. The van der Waals surface area contributed by atoms with Crippen LogP contribution < -0.4 is 14.2 Å². The molecule has 2 aromatic carbocycles. The number of aromatic nitrogens is 1. The monoisotopic (exact) mass is 458 g/mol. The Balaban J connectivity index is 1.23. The zero-order valence-corrected chi connectivity index (χ0v) is 19.4. The Hall–Kier alpha value is -3.80. The molecule has 0 radical (unpaired) electrons. The first kappa shape index (κ1) is 23.4. The topological polar surface area (TPSA) is 60.9 Å². The van der Waals surface area contributed by atoms with E-state index in [1.54, 1.807) is 12.3 Å². The number of para-hydroxylation sites is 2. The van der Waals surface area contributed by atoms with Crippen molar-refractivity contribution in [3.8, 4) is 17.2 Å². The molecular formula is C28H30N2O4. The third-order valence-corrected chi connectivity index (χ3v) is 5.61. The van der Waals surface area contributed by atoms with E-state index in [9.17, 15) is 4.79 Å². The Morgan fingerprint density at radius 3 is 2.41 bits per heavy atom. The summed E-state index contributed by atoms with van der Waals surface area (Å²) in [5, 5.41) is 0. The van der Waals surface area contributed by atoms with Crippen LogP contribution in [-0.4, -0.2) is 41.6 Å². The number of carbonyl (C=O) groups excluding carboxylic acids is 1. The fourth-order valence-corrected chi connectivity index (χ4v) is 3.78. The van der Waals surface area contributed by atoms with Gasteiger partial charge in [-0.2, -0.15) is 0 Å². The Morgan fingerprint density at radius 1 is 0.971 bits per heavy atom. The summed E-state index contributed by atoms with van der Waals surface area (Å²) < 4.78 is 17.6. The Kier molecular flexibility index (Phi) is 8.17. The molecule has 34 heavy (non-hydrogen) atoms. The van der Waals surface area contributed by atoms with Crippen LogP contribution in [0.5, 0.6) is 17.2 Å². The number of benzene rings is 2. The van der Waals surface area contributed by atoms with Gasteiger partial charge in [0, 0.05) is 38.2 Å². The molecule has 0 bridgehead atoms. The lowest BCUT2D eigenvalue weighted by atomic mass is 10.1. The molecule has 1 aliphatic rings. The highest BCUT2D eigenvalue weighted by Gasteiger charge is 2.23. The highest BCUT2D eigenvalue weighted by atomic mass is 16.5. The van der Waals surface area contributed by atoms with Crippen LogP contribution in [0.1, 0.15) is 31.0 Å². The van der Waals surface area contributed by atoms with Gasteiger partial charge in [0.05, 0.1) is 12.3 Å². The molecule has 3 aromatic rings. The van der Waals surface area contributed by atoms with Crippen molar-refractivity contribution in [2.75, 3.05) is 19.7 Å². The normalized spacial score (nSPS) is 14.2. The van der Waals surface area contributed by atoms with Crippen molar-refractivity contribution in [2.24, 2.45) is 0 Å². The van der Waals surface area contributed by atoms with E-state index in [2.05, 4.69) is 4.98 Å². The van der Waals surface area contributed by atoms with Gasteiger partial charge in [0.25, 0.3) is 0 Å². The Morgan fingerprint density at radius 2 is 1.71 bits per heavy atom. The van der Waals surface area contributed by atoms with Crippen LogP contribution in [0.2, 0.25) is 0 Å². The fourth-order valence-electron chi connectivity index (χ4n) is 3.78. The minimum atomic E-state index is 0.0173. The molecule has 1 aromatic heterocycles. The smallest absolute Gasteiger partial charge is 0.246 e. The number of ether oxygens (including phenoxy) is 3. The number of nitrogens with zero attached hydrogens (tertiary/aromatic N) is 2. The molecule has 0 unspecified atom stereocenters. The molecule has 4 rings (SSSR count). The number of carbonyl (C=O) groups is 1. The van der Waals surface area contributed by atoms with E-state index in [1.165, 1.54) is 0 Å². The molecule has 1 amide bonds. The van der Waals surface area contributed by atoms with Gasteiger partial charge >= 0.3 is 0 Å². The lowest BCUT2D eigenvalue weighted by Gasteiger charge is -2.31. The fraction of sp³-hybridized carbons (Fsp3) is 0.286. The number of piperidine rings is 1. The maximum Gasteiger partial charge on any atom is 0.246 e. The third-order valence-electron chi connectivity index (χ3n) is 5.61. The van der Waals surface area contributed by atoms with E-state index in [-0.39, 0.29) is 12.0 Å². The van der Waals surface area contributed by atoms with Crippen LogP contribution >= 0.6 is 0 Å². The molecule has 1 fully saturated rings. The van der Waals surface area contributed by atoms with E-state index in [0.29, 0.717) is 26.3 Å². The second-order valence-corrected chi connectivity index (χ2v) is 8.03. The quantitative estimate of drug-likeness (QED) is 0.416. The summed E-state index contributed by atoms with van der Waals surface area (Å²) in [5.74, 6) is 2.31. The molecule has 0 aliphatic carbocycles. The van der Waals surface area contributed by atoms with Crippen molar-refractivity contribution in [3.63, 3.8) is 0 Å². The standard InChI is InChI=1S/C28H30N2O4/c1-2-32-26-8-3-4-9-27(26)34-25-16-19-30(20-17-25)28(31)15-12-22-10-13-24(14-11-22)33-21-23-7-5-6-18-29-23/h3-15,18,25H,2,16-17,19-21H2,1H3/b15-12+. The maximum atomic E-state index is 12.6. The average Bonchev–Trinajstić information content (AvgIpc) is 2.89. The predicted octanol–water partition coefficient (Wildman–Crippen LogP) is 5.14. The summed E-state index contributed by atoms with van der Waals surface area (Å²) in [6.45, 7) is 4.32. The summed E-state index contributed by atoms with van der Waals surface area (Å²) in [6.07, 6.45) is 6.89. The van der Waals surface area contributed by atoms with Crippen molar-refractivity contribution >= 4 is 12.0 Å². The highest BCUT2D eigenvalue weighted by Crippen LogP contribution is 2.29. The van der Waals surface area contributed by atoms with Crippen LogP contribution in [0.3, 0.4) is 0 Å². The molecule has 2 heterocycles. The number of pyridine rings is 1. The minimum absolute atomic E-state index is 0.0173. The molecule has 176 valence electrons. The molecule has 6 nitrogen and oxygen atoms in total. The second-order valence-electron chi connectivity index (χ2n) is 8.03. The van der Waals surface area contributed by atoms with Gasteiger partial charge in [-0.25, -0.2) is 0 Å². The molecule has 1 saturated heterocycles. The SMILES string of the molecule is CCOc1ccccc1OC1CCN(C(=O)/C=C/c2ccc(OCc3ccccn3)cc2)CC1. The van der Waals surface area contributed by atoms with Crippen LogP contribution in [0, 0.1) is 0 Å². The van der Waals surface area contributed by atoms with Crippen molar-refractivity contribution in [3.05, 3.63) is 90.3 Å². The van der Waals surface area contributed by atoms with Crippen LogP contribution in [0.25, 0.3) is 6.08 Å². The zero-order chi connectivity index (χ0) is 23.6. The van der Waals surface area contributed by atoms with E-state index in [0.717, 1.165) is 41.3 Å². The maximum absolute atomic E-state index is 12.6. The van der Waals surface area contributed by atoms with Gasteiger partial charge in [0.2, 0.25) is 5.91 Å². The first-order valence-electron chi connectivity index (χ1n) is 11.7. The van der Waals surface area contributed by atoms with Crippen molar-refractivity contribution in [1.82, 2.24) is 9.88 Å². The summed E-state index contributed by atoms with van der Waals surface area (Å²) >= 11 is 0. The molecule has 0 spiro atoms. The summed E-state index contributed by atoms with van der Waals surface area (Å²) in [7, 11) is 0. The van der Waals surface area contributed by atoms with Gasteiger partial charge in [-0.05, 0) is 55.0 Å². The zero-order valence-electron chi connectivity index (χ0n) is 19.4. The van der Waals surface area contributed by atoms with Crippen LogP contribution in [0.15, 0.2) is 79.0 Å².